The van der Waals surface area contributed by atoms with Gasteiger partial charge in [0.15, 0.2) is 0 Å². The topological polar surface area (TPSA) is 120 Å². The van der Waals surface area contributed by atoms with Crippen molar-refractivity contribution in [2.45, 2.75) is 26.2 Å². The summed E-state index contributed by atoms with van der Waals surface area (Å²) in [4.78, 5) is 51.5. The van der Waals surface area contributed by atoms with E-state index < -0.39 is 0 Å². The number of amides is 2. The number of para-hydroxylation sites is 1. The molecule has 1 aliphatic rings. The second kappa shape index (κ2) is 17.6. The highest BCUT2D eigenvalue weighted by Crippen LogP contribution is 2.32. The van der Waals surface area contributed by atoms with Gasteiger partial charge in [-0.05, 0) is 81.3 Å². The van der Waals surface area contributed by atoms with Gasteiger partial charge in [-0.25, -0.2) is 9.78 Å². The number of methoxy groups -OCH3 is 1. The van der Waals surface area contributed by atoms with Gasteiger partial charge in [0.25, 0.3) is 11.8 Å². The first-order chi connectivity index (χ1) is 22.3. The third-order valence-corrected chi connectivity index (χ3v) is 8.24. The highest BCUT2D eigenvalue weighted by atomic mass is 35.5. The van der Waals surface area contributed by atoms with Gasteiger partial charge in [-0.2, -0.15) is 0 Å². The van der Waals surface area contributed by atoms with Gasteiger partial charge < -0.3 is 34.5 Å². The van der Waals surface area contributed by atoms with Crippen molar-refractivity contribution in [2.75, 3.05) is 64.2 Å². The number of fused-ring (bicyclic) bond motifs is 1. The molecule has 5 rings (SSSR count). The summed E-state index contributed by atoms with van der Waals surface area (Å²) in [6.45, 7) is 5.98. The molecule has 0 aliphatic carbocycles. The molecule has 0 atom stereocenters. The number of aromatic amines is 1. The highest BCUT2D eigenvalue weighted by Gasteiger charge is 2.21. The van der Waals surface area contributed by atoms with Gasteiger partial charge in [0.2, 0.25) is 0 Å². The maximum absolute atomic E-state index is 13.6. The Morgan fingerprint density at radius 3 is 2.52 bits per heavy atom. The number of nitrogens with zero attached hydrogens (tertiary/aromatic N) is 4. The fourth-order valence-electron chi connectivity index (χ4n) is 5.51. The van der Waals surface area contributed by atoms with E-state index in [0.717, 1.165) is 55.8 Å². The summed E-state index contributed by atoms with van der Waals surface area (Å²) in [6.07, 6.45) is 3.75. The average Bonchev–Trinajstić information content (AvgIpc) is 3.56. The first kappa shape index (κ1) is 37.9. The van der Waals surface area contributed by atoms with Crippen molar-refractivity contribution in [1.29, 1.82) is 0 Å². The molecule has 0 radical (unpaired) electrons. The van der Waals surface area contributed by atoms with Crippen LogP contribution in [-0.4, -0.2) is 91.5 Å². The van der Waals surface area contributed by atoms with Gasteiger partial charge in [0, 0.05) is 38.8 Å². The Balaban J connectivity index is 0.00000312. The Bertz CT molecular complexity index is 1770. The number of halogens is 2. The van der Waals surface area contributed by atoms with E-state index in [1.165, 1.54) is 7.11 Å². The van der Waals surface area contributed by atoms with Gasteiger partial charge in [-0.1, -0.05) is 12.1 Å². The summed E-state index contributed by atoms with van der Waals surface area (Å²) in [5.41, 5.74) is 4.92. The van der Waals surface area contributed by atoms with Gasteiger partial charge in [-0.3, -0.25) is 9.59 Å². The molecular formula is C35H42Cl2N6O5. The van der Waals surface area contributed by atoms with E-state index in [1.54, 1.807) is 48.6 Å². The van der Waals surface area contributed by atoms with Crippen LogP contribution in [0.2, 0.25) is 0 Å². The number of aryl methyl sites for hydroxylation is 1. The van der Waals surface area contributed by atoms with E-state index in [-0.39, 0.29) is 36.6 Å². The fraction of sp³-hybridized carbons (Fsp3) is 0.343. The maximum Gasteiger partial charge on any atom is 0.258 e. The summed E-state index contributed by atoms with van der Waals surface area (Å²) in [7, 11) is 5.27. The molecule has 11 nitrogen and oxygen atoms in total. The zero-order valence-electron chi connectivity index (χ0n) is 27.6. The molecule has 2 N–H and O–H groups in total. The number of hydrogen-bond acceptors (Lipinski definition) is 8. The van der Waals surface area contributed by atoms with Crippen molar-refractivity contribution in [3.05, 3.63) is 83.3 Å². The van der Waals surface area contributed by atoms with E-state index in [0.29, 0.717) is 52.5 Å². The molecule has 3 aromatic carbocycles. The molecule has 0 saturated carbocycles. The lowest BCUT2D eigenvalue weighted by Gasteiger charge is -2.34. The molecule has 13 heteroatoms. The van der Waals surface area contributed by atoms with Crippen molar-refractivity contribution in [3.8, 4) is 11.5 Å². The Kier molecular flexibility index (Phi) is 13.9. The predicted octanol–water partition coefficient (Wildman–Crippen LogP) is 5.76. The third-order valence-electron chi connectivity index (χ3n) is 8.24. The van der Waals surface area contributed by atoms with Crippen LogP contribution in [0.15, 0.2) is 66.6 Å². The average molecular weight is 698 g/mol. The maximum atomic E-state index is 13.6. The Morgan fingerprint density at radius 1 is 1.02 bits per heavy atom. The summed E-state index contributed by atoms with van der Waals surface area (Å²) in [5, 5.41) is 2.88. The number of allylic oxidation sites excluding steroid dienone is 1. The number of nitrogens with one attached hydrogen (secondary N) is 2. The van der Waals surface area contributed by atoms with Crippen molar-refractivity contribution >= 4 is 65.0 Å². The summed E-state index contributed by atoms with van der Waals surface area (Å²) < 4.78 is 11.7. The molecule has 1 fully saturated rings. The molecule has 1 aromatic heterocycles. The zero-order chi connectivity index (χ0) is 32.6. The van der Waals surface area contributed by atoms with Crippen LogP contribution in [0.3, 0.4) is 0 Å². The van der Waals surface area contributed by atoms with Crippen LogP contribution in [-0.2, 0) is 4.79 Å². The number of unbranched alkanes of at least 4 members (excludes halogenated alkanes) is 1. The number of benzene rings is 3. The quantitative estimate of drug-likeness (QED) is 0.142. The fourth-order valence-corrected chi connectivity index (χ4v) is 5.51. The lowest BCUT2D eigenvalue weighted by Crippen LogP contribution is -2.44. The minimum Gasteiger partial charge on any atom is -0.495 e. The molecule has 4 aromatic rings. The molecule has 2 amide bonds. The number of anilines is 2. The van der Waals surface area contributed by atoms with E-state index in [9.17, 15) is 14.4 Å². The van der Waals surface area contributed by atoms with Crippen LogP contribution in [0.5, 0.6) is 11.5 Å². The molecular weight excluding hydrogens is 655 g/mol. The smallest absolute Gasteiger partial charge is 0.258 e. The Labute approximate surface area is 293 Å². The number of rotatable bonds is 12. The monoisotopic (exact) mass is 696 g/mol. The van der Waals surface area contributed by atoms with Gasteiger partial charge in [-0.15, -0.1) is 24.8 Å². The largest absolute Gasteiger partial charge is 0.495 e. The van der Waals surface area contributed by atoms with E-state index in [1.807, 2.05) is 31.2 Å². The van der Waals surface area contributed by atoms with E-state index >= 15 is 0 Å². The molecule has 256 valence electrons. The molecule has 0 spiro atoms. The van der Waals surface area contributed by atoms with Crippen molar-refractivity contribution < 1.29 is 23.9 Å². The number of likely N-dealkylation sites (N-methyl/N-ethyl adjacent to an activating group) is 1. The number of carbonyl (C=O) groups excluding carboxylic acids is 3. The number of carbonyl (C=O) groups is 2. The van der Waals surface area contributed by atoms with Gasteiger partial charge >= 0.3 is 0 Å². The first-order valence-corrected chi connectivity index (χ1v) is 15.4. The van der Waals surface area contributed by atoms with E-state index in [2.05, 4.69) is 38.1 Å². The van der Waals surface area contributed by atoms with E-state index in [4.69, 9.17) is 9.47 Å². The number of H-pyrrole nitrogens is 1. The lowest BCUT2D eigenvalue weighted by molar-refractivity contribution is 0.0990. The van der Waals surface area contributed by atoms with Crippen LogP contribution in [0, 0.1) is 6.92 Å². The lowest BCUT2D eigenvalue weighted by atomic mass is 10.1. The van der Waals surface area contributed by atoms with Crippen LogP contribution in [0.25, 0.3) is 11.0 Å². The molecule has 0 unspecified atom stereocenters. The van der Waals surface area contributed by atoms with Crippen molar-refractivity contribution in [2.24, 2.45) is 0 Å². The van der Waals surface area contributed by atoms with Gasteiger partial charge in [0.05, 0.1) is 48.2 Å². The van der Waals surface area contributed by atoms with Gasteiger partial charge in [0.1, 0.15) is 23.0 Å². The molecule has 48 heavy (non-hydrogen) atoms. The third kappa shape index (κ3) is 8.87. The minimum atomic E-state index is -0.341. The number of hydrogen-bond donors (Lipinski definition) is 2. The second-order valence-corrected chi connectivity index (χ2v) is 11.5. The number of aromatic nitrogens is 2. The Morgan fingerprint density at radius 2 is 1.79 bits per heavy atom. The molecule has 2 heterocycles. The minimum absolute atomic E-state index is 0. The summed E-state index contributed by atoms with van der Waals surface area (Å²) >= 11 is 0. The van der Waals surface area contributed by atoms with Crippen LogP contribution in [0.1, 0.15) is 45.5 Å². The highest BCUT2D eigenvalue weighted by molar-refractivity contribution is 6.12. The Hall–Kier alpha value is -4.54. The first-order valence-electron chi connectivity index (χ1n) is 15.4. The van der Waals surface area contributed by atoms with Crippen LogP contribution in [0.4, 0.5) is 11.4 Å². The van der Waals surface area contributed by atoms with Crippen molar-refractivity contribution in [1.82, 2.24) is 19.8 Å². The van der Waals surface area contributed by atoms with Crippen LogP contribution < -0.4 is 19.7 Å². The van der Waals surface area contributed by atoms with Crippen LogP contribution >= 0.6 is 24.8 Å². The summed E-state index contributed by atoms with van der Waals surface area (Å²) in [6, 6.07) is 16.0. The molecule has 1 aliphatic heterocycles. The summed E-state index contributed by atoms with van der Waals surface area (Å²) in [5.74, 6) is 2.49. The zero-order valence-corrected chi connectivity index (χ0v) is 29.2. The predicted molar refractivity (Wildman–Crippen MR) is 193 cm³/mol. The molecule has 1 saturated heterocycles. The molecule has 0 bridgehead atoms. The van der Waals surface area contributed by atoms with Crippen molar-refractivity contribution in [3.63, 3.8) is 0 Å². The second-order valence-electron chi connectivity index (χ2n) is 11.5. The number of ether oxygens (including phenoxy) is 2. The normalized spacial score (nSPS) is 12.7. The standard InChI is InChI=1S/C35H40N6O5.2ClH/c1-24-11-14-30(32(20-24)46-19-6-5-8-26(22-42)41-17-15-39(2)16-18-41)40(3)35(44)25-12-13-28(31(21-25)45-4)38-34(43)27-9-7-10-29-33(27)37-23-36-29;;/h7,9-14,20-21,23H,5-6,8,15-19H2,1-4H3,(H,36,37)(H,38,43);2*1H. The SMILES string of the molecule is COc1cc(C(=O)N(C)c2ccc(C)cc2OCCCCC(=C=O)N2CCN(C)CC2)ccc1NC(=O)c1cccc2[nH]cnc12.Cl.Cl. The number of imidazole rings is 1. The number of piperazine rings is 1.